The van der Waals surface area contributed by atoms with Crippen LogP contribution in [0, 0.1) is 5.92 Å². The van der Waals surface area contributed by atoms with Crippen LogP contribution in [0.5, 0.6) is 11.5 Å². The first-order chi connectivity index (χ1) is 20.6. The molecular formula is C29H29Cl2F2N2O6S2+. The van der Waals surface area contributed by atoms with E-state index >= 15 is 0 Å². The fraction of sp³-hybridized carbons (Fsp3) is 0.379. The van der Waals surface area contributed by atoms with Crippen molar-refractivity contribution in [1.29, 1.82) is 0 Å². The zero-order valence-corrected chi connectivity index (χ0v) is 25.9. The summed E-state index contributed by atoms with van der Waals surface area (Å²) in [4.78, 5) is 16.3. The second kappa shape index (κ2) is 14.0. The van der Waals surface area contributed by atoms with Crippen molar-refractivity contribution in [3.8, 4) is 11.5 Å². The number of nitrogens with zero attached hydrogens (tertiary/aromatic N) is 1. The van der Waals surface area contributed by atoms with Crippen molar-refractivity contribution in [3.63, 3.8) is 0 Å². The molecule has 14 heteroatoms. The van der Waals surface area contributed by atoms with Gasteiger partial charge in [-0.2, -0.15) is 13.1 Å². The summed E-state index contributed by atoms with van der Waals surface area (Å²) in [6.45, 7) is -2.69. The smallest absolute Gasteiger partial charge is 0.387 e. The Labute approximate surface area is 262 Å². The van der Waals surface area contributed by atoms with Crippen molar-refractivity contribution in [2.45, 2.75) is 42.1 Å². The average Bonchev–Trinajstić information content (AvgIpc) is 3.68. The molecule has 1 N–H and O–H groups in total. The minimum Gasteiger partial charge on any atom is -0.489 e. The Morgan fingerprint density at radius 1 is 1.07 bits per heavy atom. The summed E-state index contributed by atoms with van der Waals surface area (Å²) in [6, 6.07) is 12.5. The van der Waals surface area contributed by atoms with Gasteiger partial charge in [0.05, 0.1) is 18.1 Å². The molecule has 0 spiro atoms. The van der Waals surface area contributed by atoms with Gasteiger partial charge in [-0.3, -0.25) is 0 Å². The lowest BCUT2D eigenvalue weighted by Crippen LogP contribution is -2.40. The zero-order valence-electron chi connectivity index (χ0n) is 22.8. The van der Waals surface area contributed by atoms with Crippen LogP contribution in [0.2, 0.25) is 10.0 Å². The van der Waals surface area contributed by atoms with Crippen molar-refractivity contribution in [3.05, 3.63) is 82.1 Å². The first-order valence-electron chi connectivity index (χ1n) is 13.5. The molecule has 2 atom stereocenters. The second-order valence-corrected chi connectivity index (χ2v) is 14.0. The molecule has 1 aliphatic heterocycles. The lowest BCUT2D eigenvalue weighted by Gasteiger charge is -2.24. The molecule has 1 saturated carbocycles. The third-order valence-corrected chi connectivity index (χ3v) is 11.0. The summed E-state index contributed by atoms with van der Waals surface area (Å²) in [6.07, 6.45) is 5.36. The van der Waals surface area contributed by atoms with E-state index in [2.05, 4.69) is 9.72 Å². The third kappa shape index (κ3) is 7.91. The van der Waals surface area contributed by atoms with Gasteiger partial charge in [0.1, 0.15) is 10.0 Å². The molecule has 2 aliphatic rings. The van der Waals surface area contributed by atoms with E-state index in [1.807, 2.05) is 0 Å². The lowest BCUT2D eigenvalue weighted by atomic mass is 9.92. The highest BCUT2D eigenvalue weighted by Crippen LogP contribution is 2.38. The van der Waals surface area contributed by atoms with Crippen molar-refractivity contribution < 1.29 is 41.2 Å². The van der Waals surface area contributed by atoms with Crippen LogP contribution in [-0.4, -0.2) is 56.2 Å². The number of sulfonamides is 1. The van der Waals surface area contributed by atoms with E-state index in [0.717, 1.165) is 17.1 Å². The monoisotopic (exact) mass is 673 g/mol. The van der Waals surface area contributed by atoms with Gasteiger partial charge in [-0.1, -0.05) is 47.5 Å². The van der Waals surface area contributed by atoms with Crippen LogP contribution in [0.3, 0.4) is 0 Å². The largest absolute Gasteiger partial charge is 0.489 e. The van der Waals surface area contributed by atoms with Gasteiger partial charge in [0, 0.05) is 23.8 Å². The number of alkyl halides is 2. The first kappa shape index (κ1) is 31.8. The molecule has 1 aliphatic carbocycles. The van der Waals surface area contributed by atoms with E-state index in [4.69, 9.17) is 32.7 Å². The SMILES string of the molecule is O=C(OC[C@@H](Cc1c(Cl)c[nH+]cc1Cl)c1ccc(OC(F)F)c(OCC2CC2)c1)[C@@H]1SCCN1S(=O)(=O)c1ccccc1. The number of hydrogen-bond donors (Lipinski definition) is 0. The van der Waals surface area contributed by atoms with Crippen molar-refractivity contribution in [2.24, 2.45) is 5.92 Å². The lowest BCUT2D eigenvalue weighted by molar-refractivity contribution is -0.377. The van der Waals surface area contributed by atoms with Gasteiger partial charge >= 0.3 is 12.6 Å². The number of carbonyl (C=O) groups excluding carboxylic acids is 1. The normalized spacial score (nSPS) is 18.0. The van der Waals surface area contributed by atoms with Crippen LogP contribution in [0.15, 0.2) is 65.8 Å². The standard InChI is InChI=1S/C29H28Cl2F2N2O6S2/c30-23-14-34-15-24(31)22(23)12-20(19-8-9-25(41-29(32)33)26(13-19)39-16-18-6-7-18)17-40-28(36)27-35(10-11-42-27)43(37,38)21-4-2-1-3-5-21/h1-5,8-9,13-15,18,20,27,29H,6-7,10-12,16-17H2/p+1/t20-,27+/m1/s1. The molecule has 1 saturated heterocycles. The summed E-state index contributed by atoms with van der Waals surface area (Å²) in [5, 5.41) is -0.347. The van der Waals surface area contributed by atoms with Crippen LogP contribution in [0.4, 0.5) is 8.78 Å². The zero-order chi connectivity index (χ0) is 30.6. The number of hydrogen-bond acceptors (Lipinski definition) is 7. The first-order valence-corrected chi connectivity index (χ1v) is 16.8. The van der Waals surface area contributed by atoms with Gasteiger partial charge in [-0.25, -0.2) is 18.2 Å². The van der Waals surface area contributed by atoms with E-state index in [0.29, 0.717) is 39.4 Å². The van der Waals surface area contributed by atoms with Crippen LogP contribution < -0.4 is 14.5 Å². The maximum Gasteiger partial charge on any atom is 0.387 e. The molecule has 0 bridgehead atoms. The van der Waals surface area contributed by atoms with Gasteiger partial charge in [-0.05, 0) is 55.0 Å². The molecule has 0 radical (unpaired) electrons. The molecule has 1 aromatic heterocycles. The highest BCUT2D eigenvalue weighted by molar-refractivity contribution is 8.02. The number of benzene rings is 2. The highest BCUT2D eigenvalue weighted by atomic mass is 35.5. The summed E-state index contributed by atoms with van der Waals surface area (Å²) in [5.41, 5.74) is 1.19. The number of nitrogens with one attached hydrogen (secondary N) is 1. The number of aromatic nitrogens is 1. The summed E-state index contributed by atoms with van der Waals surface area (Å²) < 4.78 is 70.2. The predicted molar refractivity (Wildman–Crippen MR) is 158 cm³/mol. The fourth-order valence-electron chi connectivity index (χ4n) is 4.64. The highest BCUT2D eigenvalue weighted by Gasteiger charge is 2.41. The Morgan fingerprint density at radius 2 is 1.79 bits per heavy atom. The minimum absolute atomic E-state index is 0.0863. The number of thioether (sulfide) groups is 1. The molecular weight excluding hydrogens is 645 g/mol. The number of esters is 1. The Kier molecular flexibility index (Phi) is 10.3. The molecule has 0 unspecified atom stereocenters. The molecule has 0 amide bonds. The maximum atomic E-state index is 13.3. The molecule has 3 aromatic rings. The number of H-pyrrole nitrogens is 1. The van der Waals surface area contributed by atoms with Gasteiger partial charge in [0.25, 0.3) is 0 Å². The van der Waals surface area contributed by atoms with Crippen LogP contribution in [-0.2, 0) is 26.0 Å². The molecule has 43 heavy (non-hydrogen) atoms. The molecule has 2 fully saturated rings. The number of carbonyl (C=O) groups is 1. The molecule has 5 rings (SSSR count). The van der Waals surface area contributed by atoms with Crippen LogP contribution >= 0.6 is 35.0 Å². The van der Waals surface area contributed by atoms with Gasteiger partial charge < -0.3 is 14.2 Å². The Balaban J connectivity index is 1.39. The van der Waals surface area contributed by atoms with Crippen LogP contribution in [0.25, 0.3) is 0 Å². The van der Waals surface area contributed by atoms with E-state index in [9.17, 15) is 22.0 Å². The maximum absolute atomic E-state index is 13.3. The molecule has 230 valence electrons. The van der Waals surface area contributed by atoms with E-state index in [1.165, 1.54) is 30.0 Å². The Morgan fingerprint density at radius 3 is 2.47 bits per heavy atom. The van der Waals surface area contributed by atoms with Crippen molar-refractivity contribution in [1.82, 2.24) is 4.31 Å². The molecule has 2 aromatic carbocycles. The Hall–Kier alpha value is -2.64. The van der Waals surface area contributed by atoms with E-state index in [1.54, 1.807) is 42.7 Å². The van der Waals surface area contributed by atoms with Gasteiger partial charge in [-0.15, -0.1) is 11.8 Å². The number of pyridine rings is 1. The van der Waals surface area contributed by atoms with Crippen molar-refractivity contribution >= 4 is 51.0 Å². The van der Waals surface area contributed by atoms with Crippen molar-refractivity contribution in [2.75, 3.05) is 25.5 Å². The molecule has 2 heterocycles. The van der Waals surface area contributed by atoms with Gasteiger partial charge in [0.2, 0.25) is 10.0 Å². The van der Waals surface area contributed by atoms with Gasteiger partial charge in [0.15, 0.2) is 29.3 Å². The number of ether oxygens (including phenoxy) is 3. The quantitative estimate of drug-likeness (QED) is 0.211. The molecule has 8 nitrogen and oxygen atoms in total. The summed E-state index contributed by atoms with van der Waals surface area (Å²) in [7, 11) is -3.93. The van der Waals surface area contributed by atoms with Crippen LogP contribution in [0.1, 0.15) is 29.9 Å². The number of aromatic amines is 1. The fourth-order valence-corrected chi connectivity index (χ4v) is 8.25. The second-order valence-electron chi connectivity index (χ2n) is 10.2. The summed E-state index contributed by atoms with van der Waals surface area (Å²) in [5.74, 6) is -0.439. The minimum atomic E-state index is -3.93. The number of halogens is 4. The number of rotatable bonds is 13. The summed E-state index contributed by atoms with van der Waals surface area (Å²) >= 11 is 14.0. The van der Waals surface area contributed by atoms with E-state index < -0.39 is 33.9 Å². The predicted octanol–water partition coefficient (Wildman–Crippen LogP) is 5.83. The topological polar surface area (TPSA) is 96.3 Å². The average molecular weight is 675 g/mol. The third-order valence-electron chi connectivity index (χ3n) is 7.10. The Bertz CT molecular complexity index is 1530. The van der Waals surface area contributed by atoms with E-state index in [-0.39, 0.29) is 36.0 Å².